The molecular weight excluding hydrogens is 294 g/mol. The molecule has 0 spiro atoms. The van der Waals surface area contributed by atoms with Gasteiger partial charge in [0.05, 0.1) is 22.3 Å². The van der Waals surface area contributed by atoms with Crippen LogP contribution in [0.5, 0.6) is 5.75 Å². The van der Waals surface area contributed by atoms with E-state index in [9.17, 15) is 9.90 Å². The van der Waals surface area contributed by atoms with Crippen molar-refractivity contribution in [1.29, 1.82) is 0 Å². The highest BCUT2D eigenvalue weighted by Crippen LogP contribution is 2.40. The number of carbonyl (C=O) groups is 1. The largest absolute Gasteiger partial charge is 0.506 e. The van der Waals surface area contributed by atoms with E-state index >= 15 is 0 Å². The quantitative estimate of drug-likeness (QED) is 0.724. The van der Waals surface area contributed by atoms with Crippen LogP contribution >= 0.6 is 0 Å². The van der Waals surface area contributed by atoms with E-state index in [0.717, 1.165) is 18.5 Å². The summed E-state index contributed by atoms with van der Waals surface area (Å²) in [6, 6.07) is 8.42. The number of aryl methyl sites for hydroxylation is 1. The second-order valence-corrected chi connectivity index (χ2v) is 5.79. The Kier molecular flexibility index (Phi) is 3.04. The van der Waals surface area contributed by atoms with E-state index in [4.69, 9.17) is 4.52 Å². The molecule has 1 aromatic carbocycles. The molecule has 4 rings (SSSR count). The predicted molar refractivity (Wildman–Crippen MR) is 84.6 cm³/mol. The first-order valence-electron chi connectivity index (χ1n) is 7.50. The molecule has 0 unspecified atom stereocenters. The van der Waals surface area contributed by atoms with Gasteiger partial charge in [0, 0.05) is 11.6 Å². The minimum absolute atomic E-state index is 0.0237. The Morgan fingerprint density at radius 1 is 1.35 bits per heavy atom. The zero-order chi connectivity index (χ0) is 16.0. The molecule has 1 aliphatic carbocycles. The predicted octanol–water partition coefficient (Wildman–Crippen LogP) is 3.37. The normalized spacial score (nSPS) is 14.1. The minimum Gasteiger partial charge on any atom is -0.506 e. The number of aromatic nitrogens is 2. The molecule has 23 heavy (non-hydrogen) atoms. The van der Waals surface area contributed by atoms with Crippen LogP contribution in [-0.4, -0.2) is 21.2 Å². The maximum Gasteiger partial charge on any atom is 0.259 e. The maximum atomic E-state index is 12.7. The summed E-state index contributed by atoms with van der Waals surface area (Å²) in [5.74, 6) is 0.101. The van der Waals surface area contributed by atoms with Gasteiger partial charge in [-0.1, -0.05) is 17.3 Å². The van der Waals surface area contributed by atoms with E-state index in [-0.39, 0.29) is 11.7 Å². The van der Waals surface area contributed by atoms with Crippen molar-refractivity contribution >= 4 is 22.7 Å². The fourth-order valence-electron chi connectivity index (χ4n) is 2.65. The lowest BCUT2D eigenvalue weighted by Crippen LogP contribution is -2.13. The van der Waals surface area contributed by atoms with E-state index in [2.05, 4.69) is 15.5 Å². The van der Waals surface area contributed by atoms with Crippen LogP contribution in [0.4, 0.5) is 5.69 Å². The van der Waals surface area contributed by atoms with Crippen LogP contribution in [-0.2, 0) is 0 Å². The molecule has 1 saturated carbocycles. The Labute approximate surface area is 132 Å². The molecule has 1 aliphatic rings. The molecule has 0 saturated heterocycles. The number of nitrogens with zero attached hydrogens (tertiary/aromatic N) is 2. The number of anilines is 1. The lowest BCUT2D eigenvalue weighted by molar-refractivity contribution is 0.102. The Morgan fingerprint density at radius 2 is 2.13 bits per heavy atom. The maximum absolute atomic E-state index is 12.7. The Hall–Kier alpha value is -2.89. The first-order chi connectivity index (χ1) is 11.1. The average molecular weight is 309 g/mol. The number of phenolic OH excluding ortho intramolecular Hbond substituents is 1. The van der Waals surface area contributed by atoms with Gasteiger partial charge in [-0.3, -0.25) is 4.79 Å². The fourth-order valence-corrected chi connectivity index (χ4v) is 2.65. The molecule has 2 aromatic heterocycles. The van der Waals surface area contributed by atoms with Crippen LogP contribution in [0.3, 0.4) is 0 Å². The average Bonchev–Trinajstić information content (AvgIpc) is 3.33. The van der Waals surface area contributed by atoms with Gasteiger partial charge in [0.1, 0.15) is 5.75 Å². The number of hydrogen-bond acceptors (Lipinski definition) is 5. The molecule has 2 N–H and O–H groups in total. The number of fused-ring (bicyclic) bond motifs is 1. The number of amides is 1. The van der Waals surface area contributed by atoms with Crippen molar-refractivity contribution in [3.8, 4) is 5.75 Å². The van der Waals surface area contributed by atoms with E-state index in [1.54, 1.807) is 31.2 Å². The fraction of sp³-hybridized carbons (Fsp3) is 0.235. The number of nitrogens with one attached hydrogen (secondary N) is 1. The Morgan fingerprint density at radius 3 is 2.87 bits per heavy atom. The first-order valence-corrected chi connectivity index (χ1v) is 7.50. The van der Waals surface area contributed by atoms with E-state index in [1.165, 1.54) is 6.07 Å². The van der Waals surface area contributed by atoms with Gasteiger partial charge >= 0.3 is 0 Å². The third kappa shape index (κ3) is 2.42. The molecule has 0 atom stereocenters. The van der Waals surface area contributed by atoms with E-state index in [1.807, 2.05) is 0 Å². The molecule has 2 heterocycles. The van der Waals surface area contributed by atoms with Crippen molar-refractivity contribution in [3.63, 3.8) is 0 Å². The second-order valence-electron chi connectivity index (χ2n) is 5.79. The molecule has 1 fully saturated rings. The summed E-state index contributed by atoms with van der Waals surface area (Å²) in [5.41, 5.74) is 2.70. The number of para-hydroxylation sites is 2. The highest BCUT2D eigenvalue weighted by atomic mass is 16.5. The molecular formula is C17H15N3O3. The number of pyridine rings is 1. The Bertz CT molecular complexity index is 913. The number of hydrogen-bond donors (Lipinski definition) is 2. The number of rotatable bonds is 3. The second kappa shape index (κ2) is 5.08. The van der Waals surface area contributed by atoms with Gasteiger partial charge < -0.3 is 14.9 Å². The van der Waals surface area contributed by atoms with Crippen LogP contribution in [0.2, 0.25) is 0 Å². The summed E-state index contributed by atoms with van der Waals surface area (Å²) < 4.78 is 5.24. The summed E-state index contributed by atoms with van der Waals surface area (Å²) in [4.78, 5) is 17.2. The number of benzene rings is 1. The van der Waals surface area contributed by atoms with Crippen molar-refractivity contribution in [3.05, 3.63) is 47.3 Å². The number of carbonyl (C=O) groups excluding carboxylic acids is 1. The van der Waals surface area contributed by atoms with E-state index < -0.39 is 0 Å². The third-order valence-corrected chi connectivity index (χ3v) is 4.03. The third-order valence-electron chi connectivity index (χ3n) is 4.03. The highest BCUT2D eigenvalue weighted by molar-refractivity contribution is 6.12. The lowest BCUT2D eigenvalue weighted by Gasteiger charge is -2.09. The van der Waals surface area contributed by atoms with Gasteiger partial charge in [0.15, 0.2) is 0 Å². The van der Waals surface area contributed by atoms with Gasteiger partial charge in [0.2, 0.25) is 0 Å². The standard InChI is InChI=1S/C17H15N3O3/c1-9-15-11(16(22)18-12-4-2-3-5-14(12)21)8-13(10-6-7-10)19-17(15)23-20-9/h2-5,8,10,21H,6-7H2,1H3,(H,18,22). The smallest absolute Gasteiger partial charge is 0.259 e. The Balaban J connectivity index is 1.79. The molecule has 0 aliphatic heterocycles. The molecule has 1 amide bonds. The summed E-state index contributed by atoms with van der Waals surface area (Å²) >= 11 is 0. The topological polar surface area (TPSA) is 88.2 Å². The van der Waals surface area contributed by atoms with Crippen LogP contribution < -0.4 is 5.32 Å². The van der Waals surface area contributed by atoms with Crippen LogP contribution in [0.25, 0.3) is 11.1 Å². The zero-order valence-electron chi connectivity index (χ0n) is 12.5. The van der Waals surface area contributed by atoms with Crippen LogP contribution in [0.1, 0.15) is 40.5 Å². The monoisotopic (exact) mass is 309 g/mol. The van der Waals surface area contributed by atoms with Crippen molar-refractivity contribution in [2.75, 3.05) is 5.32 Å². The SMILES string of the molecule is Cc1noc2nc(C3CC3)cc(C(=O)Nc3ccccc3O)c12. The zero-order valence-corrected chi connectivity index (χ0v) is 12.5. The van der Waals surface area contributed by atoms with Gasteiger partial charge in [-0.15, -0.1) is 0 Å². The van der Waals surface area contributed by atoms with Gasteiger partial charge in [-0.25, -0.2) is 4.98 Å². The van der Waals surface area contributed by atoms with Crippen molar-refractivity contribution in [2.24, 2.45) is 0 Å². The molecule has 0 bridgehead atoms. The number of phenols is 1. The summed E-state index contributed by atoms with van der Waals surface area (Å²) in [5, 5.41) is 17.1. The van der Waals surface area contributed by atoms with Gasteiger partial charge in [0.25, 0.3) is 11.6 Å². The van der Waals surface area contributed by atoms with Crippen molar-refractivity contribution in [1.82, 2.24) is 10.1 Å². The minimum atomic E-state index is -0.313. The molecule has 0 radical (unpaired) electrons. The first kappa shape index (κ1) is 13.8. The summed E-state index contributed by atoms with van der Waals surface area (Å²) in [6.45, 7) is 1.78. The molecule has 6 nitrogen and oxygen atoms in total. The summed E-state index contributed by atoms with van der Waals surface area (Å²) in [7, 11) is 0. The van der Waals surface area contributed by atoms with Gasteiger partial charge in [-0.2, -0.15) is 0 Å². The highest BCUT2D eigenvalue weighted by Gasteiger charge is 2.28. The van der Waals surface area contributed by atoms with Gasteiger partial charge in [-0.05, 0) is 38.0 Å². The molecule has 116 valence electrons. The van der Waals surface area contributed by atoms with Crippen molar-refractivity contribution in [2.45, 2.75) is 25.7 Å². The molecule has 3 aromatic rings. The van der Waals surface area contributed by atoms with Crippen LogP contribution in [0, 0.1) is 6.92 Å². The summed E-state index contributed by atoms with van der Waals surface area (Å²) in [6.07, 6.45) is 2.15. The van der Waals surface area contributed by atoms with Crippen LogP contribution in [0.15, 0.2) is 34.9 Å². The number of aromatic hydroxyl groups is 1. The van der Waals surface area contributed by atoms with E-state index in [0.29, 0.717) is 34.0 Å². The molecule has 6 heteroatoms. The lowest BCUT2D eigenvalue weighted by atomic mass is 10.1. The van der Waals surface area contributed by atoms with Crippen molar-refractivity contribution < 1.29 is 14.4 Å².